The summed E-state index contributed by atoms with van der Waals surface area (Å²) < 4.78 is 15.9. The Balaban J connectivity index is 1.59. The molecule has 0 saturated heterocycles. The van der Waals surface area contributed by atoms with Crippen LogP contribution in [0, 0.1) is 0 Å². The topological polar surface area (TPSA) is 94.6 Å². The van der Waals surface area contributed by atoms with Gasteiger partial charge in [0.15, 0.2) is 11.5 Å². The molecule has 138 valence electrons. The molecule has 2 N–H and O–H groups in total. The number of hydrogen-bond donors (Lipinski definition) is 2. The van der Waals surface area contributed by atoms with Gasteiger partial charge in [-0.25, -0.2) is 14.8 Å². The predicted molar refractivity (Wildman–Crippen MR) is 101 cm³/mol. The van der Waals surface area contributed by atoms with Crippen molar-refractivity contribution in [2.45, 2.75) is 0 Å². The second-order valence-corrected chi connectivity index (χ2v) is 5.32. The van der Waals surface area contributed by atoms with E-state index < -0.39 is 6.03 Å². The summed E-state index contributed by atoms with van der Waals surface area (Å²) in [6.07, 6.45) is 2.92. The zero-order valence-corrected chi connectivity index (χ0v) is 14.8. The van der Waals surface area contributed by atoms with Crippen LogP contribution in [0.3, 0.4) is 0 Å². The number of rotatable bonds is 6. The first-order chi connectivity index (χ1) is 13.2. The van der Waals surface area contributed by atoms with Crippen molar-refractivity contribution in [1.82, 2.24) is 9.97 Å². The molecule has 0 saturated carbocycles. The molecule has 0 aliphatic heterocycles. The van der Waals surface area contributed by atoms with E-state index >= 15 is 0 Å². The lowest BCUT2D eigenvalue weighted by Gasteiger charge is -2.11. The van der Waals surface area contributed by atoms with E-state index in [9.17, 15) is 4.79 Å². The number of nitrogens with one attached hydrogen (secondary N) is 2. The minimum atomic E-state index is -0.442. The Labute approximate surface area is 156 Å². The Bertz CT molecular complexity index is 901. The van der Waals surface area contributed by atoms with E-state index in [-0.39, 0.29) is 6.01 Å². The van der Waals surface area contributed by atoms with Crippen LogP contribution in [0.15, 0.2) is 60.9 Å². The van der Waals surface area contributed by atoms with Crippen molar-refractivity contribution in [3.05, 3.63) is 60.9 Å². The van der Waals surface area contributed by atoms with Crippen LogP contribution in [0.4, 0.5) is 16.2 Å². The maximum Gasteiger partial charge on any atom is 0.323 e. The number of urea groups is 1. The summed E-state index contributed by atoms with van der Waals surface area (Å²) in [6, 6.07) is 14.0. The van der Waals surface area contributed by atoms with Crippen molar-refractivity contribution < 1.29 is 19.0 Å². The Kier molecular flexibility index (Phi) is 5.68. The molecule has 3 aromatic rings. The fourth-order valence-electron chi connectivity index (χ4n) is 2.23. The molecule has 27 heavy (non-hydrogen) atoms. The van der Waals surface area contributed by atoms with Crippen molar-refractivity contribution >= 4 is 17.4 Å². The number of para-hydroxylation sites is 1. The highest BCUT2D eigenvalue weighted by Crippen LogP contribution is 2.29. The van der Waals surface area contributed by atoms with Gasteiger partial charge >= 0.3 is 12.0 Å². The predicted octanol–water partition coefficient (Wildman–Crippen LogP) is 3.93. The molecule has 0 fully saturated rings. The Morgan fingerprint density at radius 1 is 0.852 bits per heavy atom. The number of hydrogen-bond acceptors (Lipinski definition) is 6. The van der Waals surface area contributed by atoms with E-state index in [0.717, 1.165) is 0 Å². The van der Waals surface area contributed by atoms with Crippen LogP contribution in [0.1, 0.15) is 0 Å². The van der Waals surface area contributed by atoms with Crippen LogP contribution in [-0.4, -0.2) is 30.2 Å². The van der Waals surface area contributed by atoms with E-state index in [1.54, 1.807) is 37.4 Å². The third-order valence-corrected chi connectivity index (χ3v) is 3.48. The van der Waals surface area contributed by atoms with Gasteiger partial charge in [0.05, 0.1) is 32.3 Å². The van der Waals surface area contributed by atoms with E-state index in [1.807, 2.05) is 18.2 Å². The van der Waals surface area contributed by atoms with Crippen LogP contribution in [-0.2, 0) is 0 Å². The van der Waals surface area contributed by atoms with Crippen molar-refractivity contribution in [2.24, 2.45) is 0 Å². The molecule has 0 aliphatic rings. The number of amides is 2. The standard InChI is InChI=1S/C19H18N4O4/c1-25-16-9-8-13(10-17(16)26-2)22-18(24)23-14-11-20-19(21-12-14)27-15-6-4-3-5-7-15/h3-12H,1-2H3,(H2,22,23,24). The SMILES string of the molecule is COc1ccc(NC(=O)Nc2cnc(Oc3ccccc3)nc2)cc1OC. The molecular weight excluding hydrogens is 348 g/mol. The lowest BCUT2D eigenvalue weighted by atomic mass is 10.3. The maximum atomic E-state index is 12.1. The maximum absolute atomic E-state index is 12.1. The van der Waals surface area contributed by atoms with Crippen molar-refractivity contribution in [2.75, 3.05) is 24.9 Å². The molecular formula is C19H18N4O4. The molecule has 0 radical (unpaired) electrons. The summed E-state index contributed by atoms with van der Waals surface area (Å²) in [5, 5.41) is 5.34. The molecule has 3 rings (SSSR count). The number of aromatic nitrogens is 2. The van der Waals surface area contributed by atoms with Crippen LogP contribution >= 0.6 is 0 Å². The van der Waals surface area contributed by atoms with Gasteiger partial charge in [-0.1, -0.05) is 18.2 Å². The summed E-state index contributed by atoms with van der Waals surface area (Å²) in [4.78, 5) is 20.3. The van der Waals surface area contributed by atoms with Crippen LogP contribution in [0.25, 0.3) is 0 Å². The summed E-state index contributed by atoms with van der Waals surface area (Å²) in [6.45, 7) is 0. The average molecular weight is 366 g/mol. The molecule has 8 heteroatoms. The second kappa shape index (κ2) is 8.52. The fourth-order valence-corrected chi connectivity index (χ4v) is 2.23. The highest BCUT2D eigenvalue weighted by Gasteiger charge is 2.08. The molecule has 0 spiro atoms. The molecule has 2 aromatic carbocycles. The molecule has 0 unspecified atom stereocenters. The van der Waals surface area contributed by atoms with Gasteiger partial charge in [0.2, 0.25) is 0 Å². The third-order valence-electron chi connectivity index (χ3n) is 3.48. The molecule has 1 heterocycles. The molecule has 0 aliphatic carbocycles. The van der Waals surface area contributed by atoms with Gasteiger partial charge in [-0.15, -0.1) is 0 Å². The van der Waals surface area contributed by atoms with Crippen LogP contribution in [0.2, 0.25) is 0 Å². The van der Waals surface area contributed by atoms with E-state index in [1.165, 1.54) is 19.5 Å². The van der Waals surface area contributed by atoms with Gasteiger partial charge in [0.1, 0.15) is 5.75 Å². The highest BCUT2D eigenvalue weighted by molar-refractivity contribution is 5.99. The van der Waals surface area contributed by atoms with E-state index in [2.05, 4.69) is 20.6 Å². The largest absolute Gasteiger partial charge is 0.493 e. The van der Waals surface area contributed by atoms with Gasteiger partial charge in [-0.05, 0) is 24.3 Å². The van der Waals surface area contributed by atoms with Crippen LogP contribution in [0.5, 0.6) is 23.3 Å². The van der Waals surface area contributed by atoms with E-state index in [4.69, 9.17) is 14.2 Å². The minimum Gasteiger partial charge on any atom is -0.493 e. The van der Waals surface area contributed by atoms with Gasteiger partial charge < -0.3 is 24.8 Å². The third kappa shape index (κ3) is 4.85. The van der Waals surface area contributed by atoms with Gasteiger partial charge in [-0.2, -0.15) is 0 Å². The second-order valence-electron chi connectivity index (χ2n) is 5.32. The molecule has 1 aromatic heterocycles. The highest BCUT2D eigenvalue weighted by atomic mass is 16.5. The van der Waals surface area contributed by atoms with Gasteiger partial charge in [0, 0.05) is 11.8 Å². The summed E-state index contributed by atoms with van der Waals surface area (Å²) in [5.41, 5.74) is 0.975. The van der Waals surface area contributed by atoms with Gasteiger partial charge in [-0.3, -0.25) is 0 Å². The number of benzene rings is 2. The fraction of sp³-hybridized carbons (Fsp3) is 0.105. The average Bonchev–Trinajstić information content (AvgIpc) is 2.70. The number of carbonyl (C=O) groups is 1. The first-order valence-corrected chi connectivity index (χ1v) is 8.03. The number of methoxy groups -OCH3 is 2. The Morgan fingerprint density at radius 3 is 2.19 bits per heavy atom. The number of nitrogens with zero attached hydrogens (tertiary/aromatic N) is 2. The zero-order chi connectivity index (χ0) is 19.1. The minimum absolute atomic E-state index is 0.187. The summed E-state index contributed by atoms with van der Waals surface area (Å²) >= 11 is 0. The monoisotopic (exact) mass is 366 g/mol. The first-order valence-electron chi connectivity index (χ1n) is 8.03. The normalized spacial score (nSPS) is 10.0. The van der Waals surface area contributed by atoms with Crippen molar-refractivity contribution in [3.63, 3.8) is 0 Å². The summed E-state index contributed by atoms with van der Waals surface area (Å²) in [5.74, 6) is 1.72. The number of anilines is 2. The number of carbonyl (C=O) groups excluding carboxylic acids is 1. The van der Waals surface area contributed by atoms with Crippen LogP contribution < -0.4 is 24.8 Å². The zero-order valence-electron chi connectivity index (χ0n) is 14.8. The molecule has 2 amide bonds. The van der Waals surface area contributed by atoms with Crippen molar-refractivity contribution in [3.8, 4) is 23.3 Å². The van der Waals surface area contributed by atoms with Gasteiger partial charge in [0.25, 0.3) is 0 Å². The summed E-state index contributed by atoms with van der Waals surface area (Å²) in [7, 11) is 3.07. The molecule has 0 bridgehead atoms. The first kappa shape index (κ1) is 18.0. The van der Waals surface area contributed by atoms with Crippen molar-refractivity contribution in [1.29, 1.82) is 0 Å². The number of ether oxygens (including phenoxy) is 3. The Morgan fingerprint density at radius 2 is 1.52 bits per heavy atom. The molecule has 0 atom stereocenters. The lowest BCUT2D eigenvalue weighted by molar-refractivity contribution is 0.262. The molecule has 8 nitrogen and oxygen atoms in total. The van der Waals surface area contributed by atoms with E-state index in [0.29, 0.717) is 28.6 Å². The quantitative estimate of drug-likeness (QED) is 0.686. The Hall–Kier alpha value is -3.81. The smallest absolute Gasteiger partial charge is 0.323 e. The lowest BCUT2D eigenvalue weighted by Crippen LogP contribution is -2.19.